The summed E-state index contributed by atoms with van der Waals surface area (Å²) in [5.41, 5.74) is 1.80. The molecular weight excluding hydrogens is 435 g/mol. The van der Waals surface area contributed by atoms with Gasteiger partial charge in [-0.3, -0.25) is 9.48 Å². The Bertz CT molecular complexity index is 1110. The van der Waals surface area contributed by atoms with Gasteiger partial charge in [0.15, 0.2) is 0 Å². The van der Waals surface area contributed by atoms with Gasteiger partial charge >= 0.3 is 12.1 Å². The number of carboxylic acids is 1. The molecule has 1 aromatic heterocycles. The van der Waals surface area contributed by atoms with Gasteiger partial charge in [0.2, 0.25) is 0 Å². The number of nitrogens with one attached hydrogen (secondary N) is 1. The van der Waals surface area contributed by atoms with E-state index in [1.807, 2.05) is 0 Å². The highest BCUT2D eigenvalue weighted by Gasteiger charge is 2.35. The van der Waals surface area contributed by atoms with Gasteiger partial charge in [-0.15, -0.1) is 0 Å². The van der Waals surface area contributed by atoms with Gasteiger partial charge in [0.1, 0.15) is 0 Å². The van der Waals surface area contributed by atoms with Crippen molar-refractivity contribution in [3.63, 3.8) is 0 Å². The molecule has 2 unspecified atom stereocenters. The van der Waals surface area contributed by atoms with E-state index in [0.29, 0.717) is 23.4 Å². The highest BCUT2D eigenvalue weighted by molar-refractivity contribution is 5.96. The molecule has 2 aromatic rings. The van der Waals surface area contributed by atoms with Crippen LogP contribution in [0.4, 0.5) is 13.2 Å². The Labute approximate surface area is 189 Å². The van der Waals surface area contributed by atoms with E-state index in [9.17, 15) is 22.8 Å². The van der Waals surface area contributed by atoms with E-state index in [0.717, 1.165) is 11.6 Å². The Hall–Kier alpha value is -3.36. The number of carbonyl (C=O) groups is 2. The van der Waals surface area contributed by atoms with Crippen molar-refractivity contribution in [2.24, 2.45) is 18.9 Å². The number of nitrogens with zero attached hydrogens (tertiary/aromatic N) is 2. The van der Waals surface area contributed by atoms with Gasteiger partial charge in [0, 0.05) is 12.7 Å². The summed E-state index contributed by atoms with van der Waals surface area (Å²) in [4.78, 5) is 24.2. The minimum absolute atomic E-state index is 0.153. The maximum Gasteiger partial charge on any atom is 0.416 e. The fraction of sp³-hybridized carbons (Fsp3) is 0.375. The number of carbonyl (C=O) groups excluding carboxylic acids is 1. The molecule has 1 amide bonds. The maximum atomic E-state index is 13.1. The van der Waals surface area contributed by atoms with Crippen LogP contribution in [0.25, 0.3) is 0 Å². The molecule has 0 fully saturated rings. The smallest absolute Gasteiger partial charge is 0.416 e. The zero-order chi connectivity index (χ0) is 24.5. The first kappa shape index (κ1) is 24.3. The largest absolute Gasteiger partial charge is 0.478 e. The Balaban J connectivity index is 1.78. The molecule has 176 valence electrons. The van der Waals surface area contributed by atoms with Crippen LogP contribution >= 0.6 is 0 Å². The second kappa shape index (κ2) is 9.25. The first-order chi connectivity index (χ1) is 15.4. The fourth-order valence-electron chi connectivity index (χ4n) is 3.91. The molecule has 2 N–H and O–H groups in total. The van der Waals surface area contributed by atoms with E-state index in [1.54, 1.807) is 44.6 Å². The van der Waals surface area contributed by atoms with Gasteiger partial charge in [-0.1, -0.05) is 37.3 Å². The Kier molecular flexibility index (Phi) is 6.81. The van der Waals surface area contributed by atoms with Crippen molar-refractivity contribution in [3.8, 4) is 0 Å². The summed E-state index contributed by atoms with van der Waals surface area (Å²) in [6, 6.07) is 5.84. The average Bonchev–Trinajstić information content (AvgIpc) is 3.02. The summed E-state index contributed by atoms with van der Waals surface area (Å²) < 4.78 is 40.6. The Morgan fingerprint density at radius 2 is 1.88 bits per heavy atom. The average molecular weight is 461 g/mol. The molecule has 1 heterocycles. The van der Waals surface area contributed by atoms with E-state index in [2.05, 4.69) is 10.4 Å². The number of hydrogen-bond acceptors (Lipinski definition) is 3. The molecule has 0 saturated heterocycles. The molecule has 3 atom stereocenters. The summed E-state index contributed by atoms with van der Waals surface area (Å²) in [5.74, 6) is -1.96. The van der Waals surface area contributed by atoms with Gasteiger partial charge in [-0.2, -0.15) is 18.3 Å². The summed E-state index contributed by atoms with van der Waals surface area (Å²) in [7, 11) is 1.71. The molecular formula is C24H26F3N3O3. The van der Waals surface area contributed by atoms with E-state index < -0.39 is 23.8 Å². The maximum absolute atomic E-state index is 13.1. The number of hydrogen-bond donors (Lipinski definition) is 2. The summed E-state index contributed by atoms with van der Waals surface area (Å²) in [6.45, 7) is 5.27. The predicted octanol–water partition coefficient (Wildman–Crippen LogP) is 4.77. The molecule has 0 aliphatic heterocycles. The van der Waals surface area contributed by atoms with Crippen molar-refractivity contribution in [2.45, 2.75) is 39.4 Å². The molecule has 9 heteroatoms. The van der Waals surface area contributed by atoms with Gasteiger partial charge < -0.3 is 10.4 Å². The van der Waals surface area contributed by atoms with Crippen molar-refractivity contribution in [3.05, 3.63) is 76.1 Å². The van der Waals surface area contributed by atoms with E-state index in [-0.39, 0.29) is 23.3 Å². The lowest BCUT2D eigenvalue weighted by molar-refractivity contribution is -0.0890. The Morgan fingerprint density at radius 1 is 1.24 bits per heavy atom. The molecule has 0 saturated carbocycles. The zero-order valence-corrected chi connectivity index (χ0v) is 18.8. The topological polar surface area (TPSA) is 84.2 Å². The molecule has 0 bridgehead atoms. The highest BCUT2D eigenvalue weighted by atomic mass is 19.4. The van der Waals surface area contributed by atoms with Gasteiger partial charge in [-0.25, -0.2) is 4.79 Å². The minimum atomic E-state index is -4.39. The molecule has 1 aliphatic rings. The first-order valence-electron chi connectivity index (χ1n) is 10.5. The lowest BCUT2D eigenvalue weighted by atomic mass is 9.83. The number of rotatable bonds is 6. The van der Waals surface area contributed by atoms with Crippen LogP contribution in [-0.2, 0) is 13.5 Å². The van der Waals surface area contributed by atoms with Crippen LogP contribution in [0, 0.1) is 18.8 Å². The van der Waals surface area contributed by atoms with E-state index >= 15 is 0 Å². The normalized spacial score (nSPS) is 19.2. The zero-order valence-electron chi connectivity index (χ0n) is 18.8. The SMILES string of the molecule is Cc1c(C(=O)N[C@@H](C)c2ccc(C(=O)O)cc2)c(CC2C=CC(C(F)(F)F)=CC2C)nn1C. The molecule has 1 aliphatic carbocycles. The molecule has 6 nitrogen and oxygen atoms in total. The standard InChI is InChI=1S/C24H26F3N3O3/c1-13-11-19(24(25,26)27)10-9-18(13)12-20-21(15(3)30(4)29-20)22(31)28-14(2)16-5-7-17(8-6-16)23(32)33/h5-11,13-14,18H,12H2,1-4H3,(H,28,31)(H,32,33)/t13?,14-,18?/m0/s1. The third kappa shape index (κ3) is 5.35. The summed E-state index contributed by atoms with van der Waals surface area (Å²) >= 11 is 0. The van der Waals surface area contributed by atoms with Crippen LogP contribution in [-0.4, -0.2) is 32.9 Å². The van der Waals surface area contributed by atoms with Crippen molar-refractivity contribution < 1.29 is 27.9 Å². The summed E-state index contributed by atoms with van der Waals surface area (Å²) in [5, 5.41) is 16.4. The van der Waals surface area contributed by atoms with Crippen molar-refractivity contribution in [1.82, 2.24) is 15.1 Å². The van der Waals surface area contributed by atoms with Crippen LogP contribution in [0.1, 0.15) is 57.6 Å². The van der Waals surface area contributed by atoms with Crippen molar-refractivity contribution in [1.29, 1.82) is 0 Å². The number of alkyl halides is 3. The third-order valence-electron chi connectivity index (χ3n) is 6.04. The number of aromatic nitrogens is 2. The lowest BCUT2D eigenvalue weighted by Crippen LogP contribution is -2.28. The van der Waals surface area contributed by atoms with Crippen LogP contribution in [0.3, 0.4) is 0 Å². The molecule has 33 heavy (non-hydrogen) atoms. The van der Waals surface area contributed by atoms with E-state index in [4.69, 9.17) is 5.11 Å². The van der Waals surface area contributed by atoms with Crippen LogP contribution < -0.4 is 5.32 Å². The third-order valence-corrected chi connectivity index (χ3v) is 6.04. The number of aromatic carboxylic acids is 1. The first-order valence-corrected chi connectivity index (χ1v) is 10.5. The molecule has 0 radical (unpaired) electrons. The molecule has 0 spiro atoms. The second-order valence-corrected chi connectivity index (χ2v) is 8.36. The number of amides is 1. The number of aryl methyl sites for hydroxylation is 1. The second-order valence-electron chi connectivity index (χ2n) is 8.36. The number of allylic oxidation sites excluding steroid dienone is 4. The molecule has 3 rings (SSSR count). The summed E-state index contributed by atoms with van der Waals surface area (Å²) in [6.07, 6.45) is -0.232. The number of carboxylic acid groups (broad SMARTS) is 1. The van der Waals surface area contributed by atoms with Crippen molar-refractivity contribution >= 4 is 11.9 Å². The van der Waals surface area contributed by atoms with Gasteiger partial charge in [0.05, 0.1) is 28.4 Å². The van der Waals surface area contributed by atoms with Crippen LogP contribution in [0.2, 0.25) is 0 Å². The predicted molar refractivity (Wildman–Crippen MR) is 117 cm³/mol. The minimum Gasteiger partial charge on any atom is -0.478 e. The number of benzene rings is 1. The Morgan fingerprint density at radius 3 is 2.42 bits per heavy atom. The fourth-order valence-corrected chi connectivity index (χ4v) is 3.91. The van der Waals surface area contributed by atoms with Crippen LogP contribution in [0.15, 0.2) is 48.1 Å². The van der Waals surface area contributed by atoms with Gasteiger partial charge in [-0.05, 0) is 49.8 Å². The quantitative estimate of drug-likeness (QED) is 0.649. The monoisotopic (exact) mass is 461 g/mol. The van der Waals surface area contributed by atoms with Crippen molar-refractivity contribution in [2.75, 3.05) is 0 Å². The molecule has 1 aromatic carbocycles. The highest BCUT2D eigenvalue weighted by Crippen LogP contribution is 2.35. The lowest BCUT2D eigenvalue weighted by Gasteiger charge is -2.23. The van der Waals surface area contributed by atoms with Gasteiger partial charge in [0.25, 0.3) is 5.91 Å². The number of halogens is 3. The van der Waals surface area contributed by atoms with Crippen LogP contribution in [0.5, 0.6) is 0 Å². The van der Waals surface area contributed by atoms with E-state index in [1.165, 1.54) is 24.3 Å².